The van der Waals surface area contributed by atoms with Crippen LogP contribution in [0.15, 0.2) is 39.8 Å². The predicted octanol–water partition coefficient (Wildman–Crippen LogP) is 4.54. The van der Waals surface area contributed by atoms with E-state index in [0.29, 0.717) is 18.6 Å². The van der Waals surface area contributed by atoms with Crippen molar-refractivity contribution in [2.75, 3.05) is 16.6 Å². The van der Waals surface area contributed by atoms with E-state index >= 15 is 0 Å². The molecule has 0 aliphatic rings. The van der Waals surface area contributed by atoms with Gasteiger partial charge in [0, 0.05) is 11.8 Å². The number of aromatic nitrogens is 1. The number of amides is 1. The molecule has 1 aromatic carbocycles. The molecule has 1 aromatic heterocycles. The molecule has 190 valence electrons. The Hall–Kier alpha value is -3.17. The highest BCUT2D eigenvalue weighted by molar-refractivity contribution is 7.92. The maximum Gasteiger partial charge on any atom is 0.439 e. The molecule has 1 amide bonds. The summed E-state index contributed by atoms with van der Waals surface area (Å²) in [5, 5.41) is 5.47. The molecule has 2 rings (SSSR count). The number of nitrogens with zero attached hydrogens (tertiary/aromatic N) is 1. The smallest absolute Gasteiger partial charge is 0.439 e. The lowest BCUT2D eigenvalue weighted by molar-refractivity contribution is -0.294. The van der Waals surface area contributed by atoms with E-state index in [1.807, 2.05) is 4.72 Å². The lowest BCUT2D eigenvalue weighted by Crippen LogP contribution is -2.72. The Kier molecular flexibility index (Phi) is 7.95. The van der Waals surface area contributed by atoms with Gasteiger partial charge in [-0.05, 0) is 37.6 Å². The molecule has 0 radical (unpaired) electrons. The van der Waals surface area contributed by atoms with Crippen LogP contribution in [-0.2, 0) is 14.8 Å². The fourth-order valence-electron chi connectivity index (χ4n) is 2.52. The van der Waals surface area contributed by atoms with Gasteiger partial charge in [-0.2, -0.15) is 26.3 Å². The number of anilines is 2. The number of rotatable bonds is 9. The average molecular weight is 518 g/mol. The standard InChI is InChI=1S/C18H20F6N4O5S/c1-3-4-9-32-15(29)26-16(17(19,20)21,18(22,23)24)25-12-5-7-13(8-6-12)34(30,31)28-14-10-11(2)33-27-14/h5-8,10,25H,3-4,9H2,1-2H3,(H,26,29)(H,27,28). The number of carbonyl (C=O) groups excluding carboxylic acids is 1. The van der Waals surface area contributed by atoms with E-state index in [0.717, 1.165) is 17.4 Å². The van der Waals surface area contributed by atoms with E-state index in [1.165, 1.54) is 18.3 Å². The average Bonchev–Trinajstić information content (AvgIpc) is 3.10. The van der Waals surface area contributed by atoms with Crippen molar-refractivity contribution >= 4 is 27.6 Å². The molecule has 0 saturated carbocycles. The minimum absolute atomic E-state index is 0.182. The first-order valence-corrected chi connectivity index (χ1v) is 11.0. The molecule has 34 heavy (non-hydrogen) atoms. The van der Waals surface area contributed by atoms with Gasteiger partial charge in [0.05, 0.1) is 11.5 Å². The quantitative estimate of drug-likeness (QED) is 0.253. The van der Waals surface area contributed by atoms with Crippen molar-refractivity contribution in [3.63, 3.8) is 0 Å². The van der Waals surface area contributed by atoms with Gasteiger partial charge in [0.15, 0.2) is 5.82 Å². The number of hydrogen-bond acceptors (Lipinski definition) is 7. The number of halogens is 6. The summed E-state index contributed by atoms with van der Waals surface area (Å²) in [5.74, 6) is 0.104. The summed E-state index contributed by atoms with van der Waals surface area (Å²) in [6.07, 6.45) is -13.4. The lowest BCUT2D eigenvalue weighted by Gasteiger charge is -2.38. The van der Waals surface area contributed by atoms with Gasteiger partial charge in [-0.1, -0.05) is 18.5 Å². The fourth-order valence-corrected chi connectivity index (χ4v) is 3.50. The number of alkyl halides is 6. The van der Waals surface area contributed by atoms with Crippen LogP contribution in [0.1, 0.15) is 25.5 Å². The molecule has 0 spiro atoms. The number of hydrogen-bond donors (Lipinski definition) is 3. The van der Waals surface area contributed by atoms with Crippen molar-refractivity contribution in [2.45, 2.75) is 49.6 Å². The zero-order valence-corrected chi connectivity index (χ0v) is 18.5. The second-order valence-electron chi connectivity index (χ2n) is 6.94. The van der Waals surface area contributed by atoms with Gasteiger partial charge in [-0.3, -0.25) is 10.0 Å². The Morgan fingerprint density at radius 3 is 2.15 bits per heavy atom. The molecule has 0 bridgehead atoms. The molecule has 16 heteroatoms. The molecule has 1 heterocycles. The fraction of sp³-hybridized carbons (Fsp3) is 0.444. The normalized spacial score (nSPS) is 12.8. The van der Waals surface area contributed by atoms with Crippen LogP contribution in [-0.4, -0.2) is 44.3 Å². The summed E-state index contributed by atoms with van der Waals surface area (Å²) >= 11 is 0. The third-order valence-electron chi connectivity index (χ3n) is 4.23. The highest BCUT2D eigenvalue weighted by Crippen LogP contribution is 2.43. The van der Waals surface area contributed by atoms with E-state index in [9.17, 15) is 39.6 Å². The molecule has 2 aromatic rings. The number of unbranched alkanes of at least 4 members (excludes halogenated alkanes) is 1. The van der Waals surface area contributed by atoms with Crippen LogP contribution in [0.4, 0.5) is 42.6 Å². The summed E-state index contributed by atoms with van der Waals surface area (Å²) < 4.78 is 118. The van der Waals surface area contributed by atoms with Gasteiger partial charge in [0.1, 0.15) is 5.76 Å². The maximum absolute atomic E-state index is 13.6. The number of carbonyl (C=O) groups is 1. The van der Waals surface area contributed by atoms with Gasteiger partial charge < -0.3 is 14.6 Å². The number of sulfonamides is 1. The third-order valence-corrected chi connectivity index (χ3v) is 5.61. The van der Waals surface area contributed by atoms with Crippen molar-refractivity contribution in [1.29, 1.82) is 0 Å². The van der Waals surface area contributed by atoms with E-state index in [-0.39, 0.29) is 18.0 Å². The second kappa shape index (κ2) is 9.99. The second-order valence-corrected chi connectivity index (χ2v) is 8.62. The van der Waals surface area contributed by atoms with Crippen molar-refractivity contribution in [3.8, 4) is 0 Å². The lowest BCUT2D eigenvalue weighted by atomic mass is 10.1. The Bertz CT molecular complexity index is 1070. The number of nitrogens with one attached hydrogen (secondary N) is 3. The number of ether oxygens (including phenoxy) is 1. The Labute approximate surface area is 189 Å². The number of aryl methyl sites for hydroxylation is 1. The van der Waals surface area contributed by atoms with Crippen LogP contribution in [0.5, 0.6) is 0 Å². The van der Waals surface area contributed by atoms with Crippen LogP contribution < -0.4 is 15.4 Å². The SMILES string of the molecule is CCCCOC(=O)NC(Nc1ccc(S(=O)(=O)Nc2cc(C)on2)cc1)(C(F)(F)F)C(F)(F)F. The first-order valence-electron chi connectivity index (χ1n) is 9.54. The Morgan fingerprint density at radius 2 is 1.68 bits per heavy atom. The molecule has 0 aliphatic heterocycles. The van der Waals surface area contributed by atoms with E-state index in [2.05, 4.69) is 9.89 Å². The summed E-state index contributed by atoms with van der Waals surface area (Å²) in [4.78, 5) is 11.2. The van der Waals surface area contributed by atoms with Crippen molar-refractivity contribution in [1.82, 2.24) is 10.5 Å². The predicted molar refractivity (Wildman–Crippen MR) is 106 cm³/mol. The minimum atomic E-state index is -6.06. The van der Waals surface area contributed by atoms with Gasteiger partial charge >= 0.3 is 24.1 Å². The molecule has 0 saturated heterocycles. The first kappa shape index (κ1) is 27.1. The number of benzene rings is 1. The summed E-state index contributed by atoms with van der Waals surface area (Å²) in [6.45, 7) is 2.77. The Morgan fingerprint density at radius 1 is 1.09 bits per heavy atom. The van der Waals surface area contributed by atoms with Crippen LogP contribution in [0.25, 0.3) is 0 Å². The van der Waals surface area contributed by atoms with Gasteiger partial charge in [0.25, 0.3) is 10.0 Å². The van der Waals surface area contributed by atoms with Crippen LogP contribution in [0, 0.1) is 6.92 Å². The zero-order valence-electron chi connectivity index (χ0n) is 17.7. The van der Waals surface area contributed by atoms with Crippen LogP contribution >= 0.6 is 0 Å². The maximum atomic E-state index is 13.6. The number of alkyl carbamates (subject to hydrolysis) is 1. The molecule has 0 aliphatic carbocycles. The molecular weight excluding hydrogens is 498 g/mol. The largest absolute Gasteiger partial charge is 0.450 e. The highest BCUT2D eigenvalue weighted by Gasteiger charge is 2.73. The van der Waals surface area contributed by atoms with E-state index in [4.69, 9.17) is 4.52 Å². The van der Waals surface area contributed by atoms with Gasteiger partial charge in [0.2, 0.25) is 0 Å². The monoisotopic (exact) mass is 518 g/mol. The Balaban J connectivity index is 2.33. The molecule has 0 fully saturated rings. The van der Waals surface area contributed by atoms with E-state index in [1.54, 1.807) is 6.92 Å². The van der Waals surface area contributed by atoms with Gasteiger partial charge in [-0.25, -0.2) is 13.2 Å². The molecule has 0 atom stereocenters. The summed E-state index contributed by atoms with van der Waals surface area (Å²) in [5.41, 5.74) is -5.71. The molecular formula is C18H20F6N4O5S. The van der Waals surface area contributed by atoms with Crippen molar-refractivity contribution < 1.29 is 48.8 Å². The third kappa shape index (κ3) is 6.24. The van der Waals surface area contributed by atoms with Crippen LogP contribution in [0.3, 0.4) is 0 Å². The topological polar surface area (TPSA) is 123 Å². The summed E-state index contributed by atoms with van der Waals surface area (Å²) in [7, 11) is -4.28. The molecule has 9 nitrogen and oxygen atoms in total. The van der Waals surface area contributed by atoms with E-state index < -0.39 is 51.3 Å². The van der Waals surface area contributed by atoms with Crippen molar-refractivity contribution in [3.05, 3.63) is 36.1 Å². The van der Waals surface area contributed by atoms with Crippen molar-refractivity contribution in [2.24, 2.45) is 0 Å². The summed E-state index contributed by atoms with van der Waals surface area (Å²) in [6, 6.07) is 4.10. The van der Waals surface area contributed by atoms with Gasteiger partial charge in [-0.15, -0.1) is 0 Å². The zero-order chi connectivity index (χ0) is 25.8. The molecule has 0 unspecified atom stereocenters. The van der Waals surface area contributed by atoms with Crippen LogP contribution in [0.2, 0.25) is 0 Å². The first-order chi connectivity index (χ1) is 15.6. The molecule has 3 N–H and O–H groups in total. The highest BCUT2D eigenvalue weighted by atomic mass is 32.2. The minimum Gasteiger partial charge on any atom is -0.450 e.